The maximum atomic E-state index is 4.37. The zero-order chi connectivity index (χ0) is 47.6. The number of pyridine rings is 2. The van der Waals surface area contributed by atoms with Crippen LogP contribution < -0.4 is 5.32 Å². The highest BCUT2D eigenvalue weighted by Crippen LogP contribution is 2.29. The number of benzene rings is 2. The van der Waals surface area contributed by atoms with Crippen molar-refractivity contribution in [2.75, 3.05) is 5.32 Å². The molecule has 15 heteroatoms. The molecule has 11 rings (SSSR count). The van der Waals surface area contributed by atoms with Gasteiger partial charge in [0.1, 0.15) is 6.33 Å². The maximum absolute atomic E-state index is 4.37. The van der Waals surface area contributed by atoms with Crippen molar-refractivity contribution in [3.8, 4) is 0 Å². The number of aryl methyl sites for hydroxylation is 3. The molecule has 6 N–H and O–H groups in total. The zero-order valence-electron chi connectivity index (χ0n) is 40.7. The van der Waals surface area contributed by atoms with Crippen LogP contribution in [0.5, 0.6) is 0 Å². The number of fused-ring (bicyclic) bond motifs is 5. The van der Waals surface area contributed by atoms with Crippen LogP contribution in [0.15, 0.2) is 85.7 Å². The van der Waals surface area contributed by atoms with Gasteiger partial charge in [0.05, 0.1) is 22.1 Å². The van der Waals surface area contributed by atoms with Crippen molar-refractivity contribution in [2.45, 2.75) is 126 Å². The van der Waals surface area contributed by atoms with E-state index in [2.05, 4.69) is 171 Å². The fraction of sp³-hybridized carbons (Fsp3) is 0.365. The third-order valence-electron chi connectivity index (χ3n) is 11.9. The summed E-state index contributed by atoms with van der Waals surface area (Å²) >= 11 is 0. The van der Waals surface area contributed by atoms with Gasteiger partial charge in [0.2, 0.25) is 0 Å². The zero-order valence-corrected chi connectivity index (χ0v) is 40.7. The van der Waals surface area contributed by atoms with E-state index < -0.39 is 0 Å². The Hall–Kier alpha value is -7.29. The van der Waals surface area contributed by atoms with Crippen LogP contribution in [0, 0.1) is 20.8 Å². The van der Waals surface area contributed by atoms with E-state index in [0.29, 0.717) is 23.7 Å². The summed E-state index contributed by atoms with van der Waals surface area (Å²) in [7, 11) is 0. The highest BCUT2D eigenvalue weighted by molar-refractivity contribution is 5.91. The van der Waals surface area contributed by atoms with Gasteiger partial charge < -0.3 is 5.32 Å². The molecule has 15 nitrogen and oxygen atoms in total. The van der Waals surface area contributed by atoms with Gasteiger partial charge in [0.15, 0.2) is 17.1 Å². The van der Waals surface area contributed by atoms with E-state index >= 15 is 0 Å². The SMILES string of the molecule is CC(C)c1[nH]nc2ccncc12.CC(C)c1[nH]nc2ncccc12.CC(C)c1[nH]nc2ncncc12.CC(C)c1n[nH]c2c1CCCC2.Cc1cc(C)c(C)c(Nc2n[nH]c3ccccc23)c1. The summed E-state index contributed by atoms with van der Waals surface area (Å²) in [4.78, 5) is 16.2. The molecule has 0 amide bonds. The molecular weight excluding hydrogens is 835 g/mol. The summed E-state index contributed by atoms with van der Waals surface area (Å²) in [5.74, 6) is 2.83. The molecule has 8 aromatic heterocycles. The minimum absolute atomic E-state index is 0.431. The summed E-state index contributed by atoms with van der Waals surface area (Å²) < 4.78 is 0. The number of aromatic nitrogens is 14. The number of hydrogen-bond acceptors (Lipinski definition) is 10. The van der Waals surface area contributed by atoms with E-state index in [1.807, 2.05) is 42.6 Å². The van der Waals surface area contributed by atoms with Crippen molar-refractivity contribution in [1.29, 1.82) is 0 Å². The number of aromatic amines is 5. The second-order valence-electron chi connectivity index (χ2n) is 18.3. The van der Waals surface area contributed by atoms with E-state index in [-0.39, 0.29) is 0 Å². The molecule has 0 saturated carbocycles. The van der Waals surface area contributed by atoms with Crippen LogP contribution in [0.1, 0.15) is 143 Å². The van der Waals surface area contributed by atoms with Crippen molar-refractivity contribution < 1.29 is 0 Å². The minimum Gasteiger partial charge on any atom is -0.338 e. The van der Waals surface area contributed by atoms with Crippen molar-refractivity contribution in [3.05, 3.63) is 136 Å². The van der Waals surface area contributed by atoms with E-state index in [0.717, 1.165) is 72.5 Å². The van der Waals surface area contributed by atoms with E-state index in [1.54, 1.807) is 18.6 Å². The standard InChI is InChI=1S/C16H17N3.C10H16N2.2C9H11N3.C8H10N4/c1-10-8-11(2)12(3)15(9-10)17-16-13-6-4-5-7-14(13)18-19-16;1-7(2)10-8-5-3-4-6-9(8)11-12-10;1-6(2)9-7-5-10-4-3-8(7)11-12-9;1-6(2)8-7-4-3-5-10-9(7)12-11-8;1-5(2)7-6-3-9-4-10-8(6)12-11-7/h4-9H,1-3H3,(H2,17,18,19);7H,3-6H2,1-2H3,(H,11,12);3-6H,1-2H3,(H,11,12);3-6H,1-2H3,(H,10,11,12);3-5H,1-2H3,(H,9,10,11,12). The molecule has 2 aromatic carbocycles. The maximum Gasteiger partial charge on any atom is 0.184 e. The number of nitrogens with zero attached hydrogens (tertiary/aromatic N) is 9. The summed E-state index contributed by atoms with van der Waals surface area (Å²) in [6.45, 7) is 23.6. The highest BCUT2D eigenvalue weighted by atomic mass is 15.2. The Morgan fingerprint density at radius 2 is 1.21 bits per heavy atom. The first-order valence-electron chi connectivity index (χ1n) is 23.3. The van der Waals surface area contributed by atoms with Gasteiger partial charge in [-0.15, -0.1) is 0 Å². The normalized spacial score (nSPS) is 12.1. The molecule has 0 saturated heterocycles. The first kappa shape index (κ1) is 47.7. The lowest BCUT2D eigenvalue weighted by atomic mass is 9.93. The predicted octanol–water partition coefficient (Wildman–Crippen LogP) is 12.3. The molecule has 0 radical (unpaired) electrons. The lowest BCUT2D eigenvalue weighted by Crippen LogP contribution is -2.03. The topological polar surface area (TPSA) is 207 Å². The minimum atomic E-state index is 0.431. The van der Waals surface area contributed by atoms with Crippen LogP contribution in [-0.4, -0.2) is 70.9 Å². The average Bonchev–Trinajstić information content (AvgIpc) is 4.18. The number of nitrogens with one attached hydrogen (secondary N) is 6. The van der Waals surface area contributed by atoms with Crippen LogP contribution in [-0.2, 0) is 12.8 Å². The molecule has 348 valence electrons. The Bertz CT molecular complexity index is 2960. The fourth-order valence-corrected chi connectivity index (χ4v) is 8.18. The van der Waals surface area contributed by atoms with Gasteiger partial charge in [-0.2, -0.15) is 25.5 Å². The molecule has 0 spiro atoms. The number of H-pyrrole nitrogens is 5. The fourth-order valence-electron chi connectivity index (χ4n) is 8.18. The summed E-state index contributed by atoms with van der Waals surface area (Å²) in [6.07, 6.45) is 13.8. The predicted molar refractivity (Wildman–Crippen MR) is 271 cm³/mol. The van der Waals surface area contributed by atoms with Gasteiger partial charge in [0, 0.05) is 69.4 Å². The Balaban J connectivity index is 0.000000126. The van der Waals surface area contributed by atoms with Gasteiger partial charge in [-0.05, 0) is 129 Å². The van der Waals surface area contributed by atoms with Crippen LogP contribution in [0.4, 0.5) is 11.5 Å². The Labute approximate surface area is 392 Å². The van der Waals surface area contributed by atoms with Gasteiger partial charge in [-0.1, -0.05) is 73.6 Å². The molecule has 1 aliphatic carbocycles. The lowest BCUT2D eigenvalue weighted by Gasteiger charge is -2.12. The molecule has 0 unspecified atom stereocenters. The second-order valence-corrected chi connectivity index (χ2v) is 18.3. The first-order chi connectivity index (χ1) is 32.3. The molecule has 0 atom stereocenters. The summed E-state index contributed by atoms with van der Waals surface area (Å²) in [5.41, 5.74) is 16.2. The van der Waals surface area contributed by atoms with Crippen LogP contribution in [0.25, 0.3) is 43.9 Å². The number of hydrogen-bond donors (Lipinski definition) is 6. The van der Waals surface area contributed by atoms with Crippen molar-refractivity contribution >= 4 is 55.4 Å². The van der Waals surface area contributed by atoms with Crippen molar-refractivity contribution in [3.63, 3.8) is 0 Å². The number of rotatable bonds is 6. The van der Waals surface area contributed by atoms with Crippen molar-refractivity contribution in [2.24, 2.45) is 0 Å². The lowest BCUT2D eigenvalue weighted by molar-refractivity contribution is 0.668. The Kier molecular flexibility index (Phi) is 15.5. The molecule has 10 aromatic rings. The van der Waals surface area contributed by atoms with E-state index in [1.165, 1.54) is 65.7 Å². The van der Waals surface area contributed by atoms with Gasteiger partial charge in [-0.25, -0.2) is 15.0 Å². The van der Waals surface area contributed by atoms with Crippen LogP contribution >= 0.6 is 0 Å². The van der Waals surface area contributed by atoms with Gasteiger partial charge in [0.25, 0.3) is 0 Å². The Morgan fingerprint density at radius 1 is 0.552 bits per heavy atom. The molecule has 1 aliphatic rings. The molecule has 67 heavy (non-hydrogen) atoms. The smallest absolute Gasteiger partial charge is 0.184 e. The second kappa shape index (κ2) is 21.8. The third kappa shape index (κ3) is 11.4. The van der Waals surface area contributed by atoms with Gasteiger partial charge in [-0.3, -0.25) is 30.5 Å². The molecule has 0 fully saturated rings. The molecule has 0 aliphatic heterocycles. The average molecular weight is 900 g/mol. The quantitative estimate of drug-likeness (QED) is 0.0930. The van der Waals surface area contributed by atoms with E-state index in [4.69, 9.17) is 0 Å². The number of para-hydroxylation sites is 1. The first-order valence-corrected chi connectivity index (χ1v) is 23.3. The summed E-state index contributed by atoms with van der Waals surface area (Å²) in [6, 6.07) is 18.4. The van der Waals surface area contributed by atoms with Crippen molar-refractivity contribution in [1.82, 2.24) is 70.9 Å². The van der Waals surface area contributed by atoms with Gasteiger partial charge >= 0.3 is 0 Å². The molecule has 8 heterocycles. The Morgan fingerprint density at radius 3 is 1.96 bits per heavy atom. The highest BCUT2D eigenvalue weighted by Gasteiger charge is 2.18. The largest absolute Gasteiger partial charge is 0.338 e. The molecule has 0 bridgehead atoms. The van der Waals surface area contributed by atoms with Crippen LogP contribution in [0.3, 0.4) is 0 Å². The van der Waals surface area contributed by atoms with E-state index in [9.17, 15) is 0 Å². The summed E-state index contributed by atoms with van der Waals surface area (Å²) in [5, 5.41) is 44.1. The number of anilines is 2. The monoisotopic (exact) mass is 900 g/mol. The van der Waals surface area contributed by atoms with Crippen LogP contribution in [0.2, 0.25) is 0 Å². The third-order valence-corrected chi connectivity index (χ3v) is 11.9. The molecular formula is C52H65N15.